The summed E-state index contributed by atoms with van der Waals surface area (Å²) in [7, 11) is -2.42. The smallest absolute Gasteiger partial charge is 0.266 e. The molecule has 6 heteroatoms. The third kappa shape index (κ3) is 23.6. The van der Waals surface area contributed by atoms with E-state index in [9.17, 15) is 13.2 Å². The van der Waals surface area contributed by atoms with Crippen molar-refractivity contribution in [3.63, 3.8) is 0 Å². The second kappa shape index (κ2) is 21.0. The maximum Gasteiger partial charge on any atom is 0.266 e. The Morgan fingerprint density at radius 3 is 1.61 bits per heavy atom. The summed E-state index contributed by atoms with van der Waals surface area (Å²) in [6, 6.07) is 0. The van der Waals surface area contributed by atoms with Gasteiger partial charge in [0.15, 0.2) is 0 Å². The zero-order valence-corrected chi connectivity index (χ0v) is 21.1. The van der Waals surface area contributed by atoms with Crippen LogP contribution in [-0.2, 0) is 14.9 Å². The van der Waals surface area contributed by atoms with Crippen LogP contribution < -0.4 is 0 Å². The monoisotopic (exact) mass is 459 g/mol. The van der Waals surface area contributed by atoms with Gasteiger partial charge >= 0.3 is 0 Å². The Bertz CT molecular complexity index is 546. The van der Waals surface area contributed by atoms with Gasteiger partial charge in [0, 0.05) is 20.0 Å². The molecule has 0 radical (unpaired) electrons. The molecule has 31 heavy (non-hydrogen) atoms. The van der Waals surface area contributed by atoms with Crippen LogP contribution in [-0.4, -0.2) is 43.1 Å². The second-order valence-corrected chi connectivity index (χ2v) is 10.4. The standard InChI is InChI=1S/C25H49NO4S/c1-3-4-5-6-7-8-9-10-11-12-13-14-15-16-17-18-19-20-21-22-25(27)26(2)23-24-31(28,29)30/h12-13H,3-11,14-24H2,1-2H3,(H,28,29,30)/b13-12+. The highest BCUT2D eigenvalue weighted by atomic mass is 32.2. The highest BCUT2D eigenvalue weighted by Crippen LogP contribution is 2.12. The van der Waals surface area contributed by atoms with Gasteiger partial charge in [0.25, 0.3) is 10.1 Å². The van der Waals surface area contributed by atoms with Gasteiger partial charge in [-0.15, -0.1) is 0 Å². The number of amides is 1. The van der Waals surface area contributed by atoms with Gasteiger partial charge in [0.05, 0.1) is 5.75 Å². The fraction of sp³-hybridized carbons (Fsp3) is 0.880. The number of unbranched alkanes of at least 4 members (excludes halogenated alkanes) is 15. The number of allylic oxidation sites excluding steroid dienone is 2. The summed E-state index contributed by atoms with van der Waals surface area (Å²) in [5.74, 6) is -0.453. The molecule has 5 nitrogen and oxygen atoms in total. The Balaban J connectivity index is 3.34. The molecule has 0 aliphatic heterocycles. The zero-order valence-electron chi connectivity index (χ0n) is 20.3. The van der Waals surface area contributed by atoms with Gasteiger partial charge in [-0.05, 0) is 32.1 Å². The van der Waals surface area contributed by atoms with E-state index in [4.69, 9.17) is 4.55 Å². The van der Waals surface area contributed by atoms with Crippen LogP contribution in [0.15, 0.2) is 12.2 Å². The van der Waals surface area contributed by atoms with E-state index >= 15 is 0 Å². The first kappa shape index (κ1) is 30.1. The average molecular weight is 460 g/mol. The van der Waals surface area contributed by atoms with Crippen molar-refractivity contribution in [1.29, 1.82) is 0 Å². The van der Waals surface area contributed by atoms with E-state index in [1.165, 1.54) is 94.8 Å². The highest BCUT2D eigenvalue weighted by Gasteiger charge is 2.12. The Morgan fingerprint density at radius 1 is 0.742 bits per heavy atom. The van der Waals surface area contributed by atoms with Crippen LogP contribution in [0.2, 0.25) is 0 Å². The molecule has 184 valence electrons. The van der Waals surface area contributed by atoms with E-state index in [-0.39, 0.29) is 12.5 Å². The highest BCUT2D eigenvalue weighted by molar-refractivity contribution is 7.85. The van der Waals surface area contributed by atoms with E-state index in [0.29, 0.717) is 6.42 Å². The lowest BCUT2D eigenvalue weighted by molar-refractivity contribution is -0.129. The minimum Gasteiger partial charge on any atom is -0.345 e. The fourth-order valence-electron chi connectivity index (χ4n) is 3.62. The van der Waals surface area contributed by atoms with Gasteiger partial charge in [-0.1, -0.05) is 96.1 Å². The van der Waals surface area contributed by atoms with Gasteiger partial charge in [0.1, 0.15) is 0 Å². The SMILES string of the molecule is CCCCCCCCCC/C=C/CCCCCCCCCC(=O)N(C)CCS(=O)(=O)O. The molecule has 0 aromatic carbocycles. The molecule has 0 atom stereocenters. The van der Waals surface area contributed by atoms with Crippen LogP contribution in [0.3, 0.4) is 0 Å². The first-order chi connectivity index (χ1) is 14.9. The predicted octanol–water partition coefficient (Wildman–Crippen LogP) is 6.93. The number of hydrogen-bond acceptors (Lipinski definition) is 3. The summed E-state index contributed by atoms with van der Waals surface area (Å²) in [6.07, 6.45) is 26.7. The third-order valence-electron chi connectivity index (χ3n) is 5.76. The number of rotatable bonds is 22. The third-order valence-corrected chi connectivity index (χ3v) is 6.46. The first-order valence-electron chi connectivity index (χ1n) is 12.7. The van der Waals surface area contributed by atoms with E-state index in [2.05, 4.69) is 19.1 Å². The molecular weight excluding hydrogens is 410 g/mol. The minimum absolute atomic E-state index is 0.0469. The molecule has 0 aliphatic rings. The molecule has 0 aromatic rings. The summed E-state index contributed by atoms with van der Waals surface area (Å²) in [5.41, 5.74) is 0. The molecule has 1 N–H and O–H groups in total. The predicted molar refractivity (Wildman–Crippen MR) is 132 cm³/mol. The van der Waals surface area contributed by atoms with E-state index < -0.39 is 15.9 Å². The summed E-state index contributed by atoms with van der Waals surface area (Å²) < 4.78 is 30.2. The van der Waals surface area contributed by atoms with Crippen molar-refractivity contribution in [2.75, 3.05) is 19.3 Å². The van der Waals surface area contributed by atoms with Gasteiger partial charge in [0.2, 0.25) is 5.91 Å². The molecule has 0 heterocycles. The summed E-state index contributed by atoms with van der Waals surface area (Å²) in [5, 5.41) is 0. The molecule has 0 unspecified atom stereocenters. The first-order valence-corrected chi connectivity index (χ1v) is 14.3. The summed E-state index contributed by atoms with van der Waals surface area (Å²) in [6.45, 7) is 2.31. The Kier molecular flexibility index (Phi) is 20.4. The average Bonchev–Trinajstić information content (AvgIpc) is 2.72. The molecule has 1 amide bonds. The van der Waals surface area contributed by atoms with Gasteiger partial charge in [-0.25, -0.2) is 0 Å². The molecule has 0 bridgehead atoms. The number of hydrogen-bond donors (Lipinski definition) is 1. The second-order valence-electron chi connectivity index (χ2n) is 8.85. The Hall–Kier alpha value is -0.880. The largest absolute Gasteiger partial charge is 0.345 e. The van der Waals surface area contributed by atoms with Crippen LogP contribution >= 0.6 is 0 Å². The maximum absolute atomic E-state index is 11.9. The van der Waals surface area contributed by atoms with Crippen molar-refractivity contribution < 1.29 is 17.8 Å². The van der Waals surface area contributed by atoms with E-state index in [1.807, 2.05) is 0 Å². The number of carbonyl (C=O) groups is 1. The van der Waals surface area contributed by atoms with Gasteiger partial charge < -0.3 is 4.90 Å². The minimum atomic E-state index is -4.01. The molecule has 0 aromatic heterocycles. The van der Waals surface area contributed by atoms with Crippen LogP contribution in [0.4, 0.5) is 0 Å². The van der Waals surface area contributed by atoms with Gasteiger partial charge in [-0.3, -0.25) is 9.35 Å². The number of nitrogens with zero attached hydrogens (tertiary/aromatic N) is 1. The molecule has 0 aliphatic carbocycles. The Morgan fingerprint density at radius 2 is 1.16 bits per heavy atom. The van der Waals surface area contributed by atoms with Crippen LogP contribution in [0.5, 0.6) is 0 Å². The molecule has 0 fully saturated rings. The lowest BCUT2D eigenvalue weighted by atomic mass is 10.1. The maximum atomic E-state index is 11.9. The van der Waals surface area contributed by atoms with Gasteiger partial charge in [-0.2, -0.15) is 8.42 Å². The van der Waals surface area contributed by atoms with Crippen molar-refractivity contribution in [3.8, 4) is 0 Å². The molecule has 0 saturated carbocycles. The molecular formula is C25H49NO4S. The topological polar surface area (TPSA) is 74.7 Å². The number of carbonyl (C=O) groups excluding carboxylic acids is 1. The molecule has 0 saturated heterocycles. The summed E-state index contributed by atoms with van der Waals surface area (Å²) in [4.78, 5) is 13.3. The quantitative estimate of drug-likeness (QED) is 0.108. The zero-order chi connectivity index (χ0) is 23.2. The van der Waals surface area contributed by atoms with Crippen molar-refractivity contribution >= 4 is 16.0 Å². The van der Waals surface area contributed by atoms with Crippen LogP contribution in [0.1, 0.15) is 122 Å². The van der Waals surface area contributed by atoms with Crippen molar-refractivity contribution in [2.24, 2.45) is 0 Å². The van der Waals surface area contributed by atoms with Crippen molar-refractivity contribution in [2.45, 2.75) is 122 Å². The lowest BCUT2D eigenvalue weighted by Gasteiger charge is -2.16. The van der Waals surface area contributed by atoms with E-state index in [0.717, 1.165) is 19.3 Å². The Labute approximate surface area is 192 Å². The normalized spacial score (nSPS) is 12.0. The molecule has 0 rings (SSSR count). The van der Waals surface area contributed by atoms with Crippen molar-refractivity contribution in [1.82, 2.24) is 4.90 Å². The van der Waals surface area contributed by atoms with E-state index in [1.54, 1.807) is 7.05 Å². The van der Waals surface area contributed by atoms with Crippen molar-refractivity contribution in [3.05, 3.63) is 12.2 Å². The van der Waals surface area contributed by atoms with Crippen LogP contribution in [0, 0.1) is 0 Å². The molecule has 0 spiro atoms. The fourth-order valence-corrected chi connectivity index (χ4v) is 4.13. The summed E-state index contributed by atoms with van der Waals surface area (Å²) >= 11 is 0. The lowest BCUT2D eigenvalue weighted by Crippen LogP contribution is -2.31. The van der Waals surface area contributed by atoms with Crippen LogP contribution in [0.25, 0.3) is 0 Å².